The predicted octanol–water partition coefficient (Wildman–Crippen LogP) is 2.29. The molecule has 0 radical (unpaired) electrons. The van der Waals surface area contributed by atoms with Crippen LogP contribution in [0.15, 0.2) is 64.5 Å². The number of nitrogens with one attached hydrogen (secondary N) is 2. The summed E-state index contributed by atoms with van der Waals surface area (Å²) in [4.78, 5) is 28.7. The summed E-state index contributed by atoms with van der Waals surface area (Å²) in [7, 11) is -3.75. The molecule has 0 spiro atoms. The van der Waals surface area contributed by atoms with E-state index in [1.807, 2.05) is 6.07 Å². The van der Waals surface area contributed by atoms with E-state index in [1.165, 1.54) is 31.5 Å². The van der Waals surface area contributed by atoms with Crippen LogP contribution in [0.3, 0.4) is 0 Å². The van der Waals surface area contributed by atoms with Crippen molar-refractivity contribution in [1.82, 2.24) is 19.5 Å². The van der Waals surface area contributed by atoms with Gasteiger partial charge in [-0.2, -0.15) is 0 Å². The molecule has 0 aliphatic rings. The van der Waals surface area contributed by atoms with Crippen LogP contribution in [0.2, 0.25) is 0 Å². The highest BCUT2D eigenvalue weighted by molar-refractivity contribution is 7.89. The van der Waals surface area contributed by atoms with Gasteiger partial charge in [-0.05, 0) is 38.5 Å². The minimum Gasteiger partial charge on any atom is -0.452 e. The summed E-state index contributed by atoms with van der Waals surface area (Å²) < 4.78 is 34.0. The van der Waals surface area contributed by atoms with Crippen molar-refractivity contribution in [1.29, 1.82) is 0 Å². The summed E-state index contributed by atoms with van der Waals surface area (Å²) >= 11 is 0. The number of ether oxygens (including phenoxy) is 1. The second-order valence-corrected chi connectivity index (χ2v) is 9.66. The van der Waals surface area contributed by atoms with Gasteiger partial charge in [0.2, 0.25) is 10.0 Å². The molecule has 1 atom stereocenters. The molecule has 0 saturated carbocycles. The van der Waals surface area contributed by atoms with Crippen LogP contribution in [0, 0.1) is 0 Å². The maximum absolute atomic E-state index is 13.0. The van der Waals surface area contributed by atoms with E-state index in [1.54, 1.807) is 45.0 Å². The average Bonchev–Trinajstić information content (AvgIpc) is 3.06. The Balaban J connectivity index is 1.96. The van der Waals surface area contributed by atoms with Crippen molar-refractivity contribution in [2.45, 2.75) is 44.2 Å². The number of hydrogen-bond donors (Lipinski definition) is 2. The van der Waals surface area contributed by atoms with Gasteiger partial charge in [0.25, 0.3) is 5.56 Å². The Morgan fingerprint density at radius 2 is 1.84 bits per heavy atom. The zero-order valence-corrected chi connectivity index (χ0v) is 18.4. The van der Waals surface area contributed by atoms with Gasteiger partial charge in [-0.25, -0.2) is 22.8 Å². The maximum atomic E-state index is 13.0. The second kappa shape index (κ2) is 8.48. The molecule has 0 aliphatic carbocycles. The standard InChI is InChI=1S/C21H24N4O5S/c1-14(26)30-19(15-8-6-5-7-9-15)17-13-23-25(20(17)27)18-11-10-16(12-22-18)31(28,29)24-21(2,3)4/h5-13,19,23-24H,1-4H3. The maximum Gasteiger partial charge on any atom is 0.303 e. The molecule has 164 valence electrons. The van der Waals surface area contributed by atoms with Crippen LogP contribution in [0.5, 0.6) is 0 Å². The Labute approximate surface area is 180 Å². The molecule has 1 unspecified atom stereocenters. The molecular weight excluding hydrogens is 420 g/mol. The fraction of sp³-hybridized carbons (Fsp3) is 0.286. The predicted molar refractivity (Wildman–Crippen MR) is 114 cm³/mol. The molecule has 0 amide bonds. The van der Waals surface area contributed by atoms with Crippen LogP contribution >= 0.6 is 0 Å². The third-order valence-electron chi connectivity index (χ3n) is 4.17. The Morgan fingerprint density at radius 3 is 2.39 bits per heavy atom. The average molecular weight is 445 g/mol. The van der Waals surface area contributed by atoms with Gasteiger partial charge in [-0.1, -0.05) is 30.3 Å². The van der Waals surface area contributed by atoms with Gasteiger partial charge in [0.15, 0.2) is 11.9 Å². The minimum absolute atomic E-state index is 0.0203. The van der Waals surface area contributed by atoms with Crippen LogP contribution in [-0.2, 0) is 19.6 Å². The van der Waals surface area contributed by atoms with Gasteiger partial charge in [-0.3, -0.25) is 14.7 Å². The summed E-state index contributed by atoms with van der Waals surface area (Å²) in [6, 6.07) is 11.7. The van der Waals surface area contributed by atoms with Crippen molar-refractivity contribution in [2.75, 3.05) is 0 Å². The number of H-pyrrole nitrogens is 1. The van der Waals surface area contributed by atoms with Crippen molar-refractivity contribution < 1.29 is 17.9 Å². The number of aromatic amines is 1. The Kier molecular flexibility index (Phi) is 6.14. The van der Waals surface area contributed by atoms with Crippen molar-refractivity contribution in [3.63, 3.8) is 0 Å². The smallest absolute Gasteiger partial charge is 0.303 e. The van der Waals surface area contributed by atoms with Crippen molar-refractivity contribution >= 4 is 16.0 Å². The van der Waals surface area contributed by atoms with Crippen LogP contribution in [-0.4, -0.2) is 34.7 Å². The van der Waals surface area contributed by atoms with Crippen molar-refractivity contribution in [2.24, 2.45) is 0 Å². The molecule has 2 heterocycles. The van der Waals surface area contributed by atoms with Crippen molar-refractivity contribution in [3.8, 4) is 5.82 Å². The molecule has 10 heteroatoms. The molecule has 3 aromatic rings. The lowest BCUT2D eigenvalue weighted by Crippen LogP contribution is -2.40. The largest absolute Gasteiger partial charge is 0.452 e. The lowest BCUT2D eigenvalue weighted by molar-refractivity contribution is -0.144. The van der Waals surface area contributed by atoms with E-state index >= 15 is 0 Å². The van der Waals surface area contributed by atoms with E-state index in [0.29, 0.717) is 5.56 Å². The highest BCUT2D eigenvalue weighted by Gasteiger charge is 2.25. The molecule has 3 rings (SSSR count). The first-order valence-corrected chi connectivity index (χ1v) is 11.0. The number of pyridine rings is 1. The molecule has 31 heavy (non-hydrogen) atoms. The number of rotatable bonds is 6. The molecule has 0 saturated heterocycles. The number of carbonyl (C=O) groups excluding carboxylic acids is 1. The molecular formula is C21H24N4O5S. The van der Waals surface area contributed by atoms with Gasteiger partial charge >= 0.3 is 5.97 Å². The minimum atomic E-state index is -3.75. The van der Waals surface area contributed by atoms with Gasteiger partial charge < -0.3 is 4.74 Å². The number of aromatic nitrogens is 3. The van der Waals surface area contributed by atoms with Gasteiger partial charge in [-0.15, -0.1) is 0 Å². The zero-order chi connectivity index (χ0) is 22.8. The lowest BCUT2D eigenvalue weighted by atomic mass is 10.0. The fourth-order valence-electron chi connectivity index (χ4n) is 2.97. The summed E-state index contributed by atoms with van der Waals surface area (Å²) in [6.45, 7) is 6.48. The van der Waals surface area contributed by atoms with E-state index in [4.69, 9.17) is 4.74 Å². The number of esters is 1. The summed E-state index contributed by atoms with van der Waals surface area (Å²) in [5.74, 6) is -0.333. The quantitative estimate of drug-likeness (QED) is 0.563. The molecule has 0 aliphatic heterocycles. The van der Waals surface area contributed by atoms with E-state index in [0.717, 1.165) is 4.68 Å². The van der Waals surface area contributed by atoms with Crippen LogP contribution < -0.4 is 10.3 Å². The Bertz CT molecular complexity index is 1220. The van der Waals surface area contributed by atoms with Gasteiger partial charge in [0.1, 0.15) is 4.90 Å². The van der Waals surface area contributed by atoms with Crippen molar-refractivity contribution in [3.05, 3.63) is 76.3 Å². The third-order valence-corrected chi connectivity index (χ3v) is 5.91. The van der Waals surface area contributed by atoms with E-state index in [-0.39, 0.29) is 16.3 Å². The van der Waals surface area contributed by atoms with Crippen LogP contribution in [0.1, 0.15) is 44.9 Å². The first-order valence-electron chi connectivity index (χ1n) is 9.51. The van der Waals surface area contributed by atoms with E-state index < -0.39 is 33.2 Å². The molecule has 0 fully saturated rings. The molecule has 1 aromatic carbocycles. The molecule has 2 N–H and O–H groups in total. The lowest BCUT2D eigenvalue weighted by Gasteiger charge is -2.20. The van der Waals surface area contributed by atoms with Gasteiger partial charge in [0, 0.05) is 24.9 Å². The number of hydrogen-bond acceptors (Lipinski definition) is 6. The molecule has 9 nitrogen and oxygen atoms in total. The summed E-state index contributed by atoms with van der Waals surface area (Å²) in [6.07, 6.45) is 1.73. The van der Waals surface area contributed by atoms with Crippen LogP contribution in [0.25, 0.3) is 5.82 Å². The number of carbonyl (C=O) groups is 1. The normalized spacial score (nSPS) is 13.0. The topological polar surface area (TPSA) is 123 Å². The summed E-state index contributed by atoms with van der Waals surface area (Å²) in [5.41, 5.74) is -0.254. The number of benzene rings is 1. The fourth-order valence-corrected chi connectivity index (χ4v) is 4.33. The van der Waals surface area contributed by atoms with Crippen LogP contribution in [0.4, 0.5) is 0 Å². The van der Waals surface area contributed by atoms with E-state index in [9.17, 15) is 18.0 Å². The third kappa shape index (κ3) is 5.28. The summed E-state index contributed by atoms with van der Waals surface area (Å²) in [5, 5.41) is 2.80. The van der Waals surface area contributed by atoms with Gasteiger partial charge in [0.05, 0.1) is 5.56 Å². The first-order chi connectivity index (χ1) is 14.5. The highest BCUT2D eigenvalue weighted by Crippen LogP contribution is 2.24. The van der Waals surface area contributed by atoms with E-state index in [2.05, 4.69) is 14.8 Å². The second-order valence-electron chi connectivity index (χ2n) is 7.98. The Hall–Kier alpha value is -3.24. The molecule has 2 aromatic heterocycles. The number of nitrogens with zero attached hydrogens (tertiary/aromatic N) is 2. The SMILES string of the molecule is CC(=O)OC(c1ccccc1)c1c[nH]n(-c2ccc(S(=O)(=O)NC(C)(C)C)cn2)c1=O. The first kappa shape index (κ1) is 22.4. The molecule has 0 bridgehead atoms. The monoisotopic (exact) mass is 444 g/mol. The highest BCUT2D eigenvalue weighted by atomic mass is 32.2. The Morgan fingerprint density at radius 1 is 1.16 bits per heavy atom. The zero-order valence-electron chi connectivity index (χ0n) is 17.6. The number of sulfonamides is 1.